The monoisotopic (exact) mass is 271 g/mol. The number of amides is 1. The summed E-state index contributed by atoms with van der Waals surface area (Å²) in [5.41, 5.74) is 13.9. The average molecular weight is 271 g/mol. The number of benzene rings is 1. The number of rotatable bonds is 4. The highest BCUT2D eigenvalue weighted by Crippen LogP contribution is 2.29. The molecule has 0 radical (unpaired) electrons. The van der Waals surface area contributed by atoms with Crippen LogP contribution in [0.1, 0.15) is 27.3 Å². The number of carbonyl (C=O) groups excluding carboxylic acids is 1. The first-order valence-electron chi connectivity index (χ1n) is 6.26. The standard InChI is InChI=1S/C15H17N3O2/c1-9-7-14(12(8-16)10(2)18-9)20-13-6-4-3-5-11(13)15(17)19/h3-7H,8,16H2,1-2H3,(H2,17,19). The summed E-state index contributed by atoms with van der Waals surface area (Å²) in [6, 6.07) is 8.64. The van der Waals surface area contributed by atoms with Gasteiger partial charge < -0.3 is 16.2 Å². The van der Waals surface area contributed by atoms with Crippen molar-refractivity contribution in [2.45, 2.75) is 20.4 Å². The van der Waals surface area contributed by atoms with Gasteiger partial charge in [0.1, 0.15) is 11.5 Å². The number of para-hydroxylation sites is 1. The fourth-order valence-electron chi connectivity index (χ4n) is 2.04. The van der Waals surface area contributed by atoms with Crippen molar-refractivity contribution in [1.29, 1.82) is 0 Å². The van der Waals surface area contributed by atoms with Crippen LogP contribution in [-0.2, 0) is 6.54 Å². The van der Waals surface area contributed by atoms with Crippen molar-refractivity contribution in [3.63, 3.8) is 0 Å². The van der Waals surface area contributed by atoms with Crippen LogP contribution in [0, 0.1) is 13.8 Å². The zero-order chi connectivity index (χ0) is 14.7. The molecule has 0 aliphatic rings. The molecule has 1 heterocycles. The van der Waals surface area contributed by atoms with Gasteiger partial charge in [0, 0.05) is 29.6 Å². The second-order valence-corrected chi connectivity index (χ2v) is 4.49. The lowest BCUT2D eigenvalue weighted by atomic mass is 10.1. The van der Waals surface area contributed by atoms with E-state index < -0.39 is 5.91 Å². The first-order chi connectivity index (χ1) is 9.52. The van der Waals surface area contributed by atoms with Crippen LogP contribution >= 0.6 is 0 Å². The highest BCUT2D eigenvalue weighted by Gasteiger charge is 2.13. The Morgan fingerprint density at radius 1 is 1.25 bits per heavy atom. The highest BCUT2D eigenvalue weighted by atomic mass is 16.5. The fourth-order valence-corrected chi connectivity index (χ4v) is 2.04. The SMILES string of the molecule is Cc1cc(Oc2ccccc2C(N)=O)c(CN)c(C)n1. The summed E-state index contributed by atoms with van der Waals surface area (Å²) in [4.78, 5) is 15.8. The topological polar surface area (TPSA) is 91.2 Å². The van der Waals surface area contributed by atoms with Crippen molar-refractivity contribution in [2.24, 2.45) is 11.5 Å². The zero-order valence-electron chi connectivity index (χ0n) is 11.5. The molecule has 0 aliphatic heterocycles. The minimum absolute atomic E-state index is 0.313. The average Bonchev–Trinajstić information content (AvgIpc) is 2.38. The number of carbonyl (C=O) groups is 1. The fraction of sp³-hybridized carbons (Fsp3) is 0.200. The second-order valence-electron chi connectivity index (χ2n) is 4.49. The van der Waals surface area contributed by atoms with Crippen LogP contribution < -0.4 is 16.2 Å². The lowest BCUT2D eigenvalue weighted by molar-refractivity contribution is 0.0998. The third kappa shape index (κ3) is 2.78. The molecular weight excluding hydrogens is 254 g/mol. The smallest absolute Gasteiger partial charge is 0.252 e. The van der Waals surface area contributed by atoms with Gasteiger partial charge in [-0.05, 0) is 26.0 Å². The van der Waals surface area contributed by atoms with E-state index in [0.29, 0.717) is 23.6 Å². The van der Waals surface area contributed by atoms with Crippen molar-refractivity contribution in [2.75, 3.05) is 0 Å². The quantitative estimate of drug-likeness (QED) is 0.890. The van der Waals surface area contributed by atoms with Crippen molar-refractivity contribution >= 4 is 5.91 Å². The molecule has 0 saturated heterocycles. The Labute approximate surface area is 117 Å². The van der Waals surface area contributed by atoms with E-state index >= 15 is 0 Å². The molecule has 0 saturated carbocycles. The molecule has 20 heavy (non-hydrogen) atoms. The predicted octanol–water partition coefficient (Wildman–Crippen LogP) is 2.05. The first-order valence-corrected chi connectivity index (χ1v) is 6.26. The number of ether oxygens (including phenoxy) is 1. The molecule has 1 aromatic heterocycles. The number of aromatic nitrogens is 1. The summed E-state index contributed by atoms with van der Waals surface area (Å²) in [7, 11) is 0. The summed E-state index contributed by atoms with van der Waals surface area (Å²) in [6.45, 7) is 4.06. The number of primary amides is 1. The van der Waals surface area contributed by atoms with Gasteiger partial charge in [-0.1, -0.05) is 12.1 Å². The second kappa shape index (κ2) is 5.71. The van der Waals surface area contributed by atoms with Gasteiger partial charge in [-0.15, -0.1) is 0 Å². The van der Waals surface area contributed by atoms with Crippen LogP contribution in [0.4, 0.5) is 0 Å². The Hall–Kier alpha value is -2.40. The van der Waals surface area contributed by atoms with Gasteiger partial charge >= 0.3 is 0 Å². The van der Waals surface area contributed by atoms with Gasteiger partial charge in [0.2, 0.25) is 0 Å². The largest absolute Gasteiger partial charge is 0.456 e. The summed E-state index contributed by atoms with van der Waals surface area (Å²) >= 11 is 0. The number of hydrogen-bond donors (Lipinski definition) is 2. The lowest BCUT2D eigenvalue weighted by Crippen LogP contribution is -2.12. The predicted molar refractivity (Wildman–Crippen MR) is 76.6 cm³/mol. The minimum atomic E-state index is -0.530. The maximum Gasteiger partial charge on any atom is 0.252 e. The van der Waals surface area contributed by atoms with E-state index in [1.165, 1.54) is 0 Å². The van der Waals surface area contributed by atoms with Crippen molar-refractivity contribution in [1.82, 2.24) is 4.98 Å². The third-order valence-corrected chi connectivity index (χ3v) is 2.99. The Balaban J connectivity index is 2.47. The molecular formula is C15H17N3O2. The summed E-state index contributed by atoms with van der Waals surface area (Å²) in [5.74, 6) is 0.489. The summed E-state index contributed by atoms with van der Waals surface area (Å²) in [6.07, 6.45) is 0. The van der Waals surface area contributed by atoms with E-state index in [4.69, 9.17) is 16.2 Å². The first kappa shape index (κ1) is 14.0. The van der Waals surface area contributed by atoms with E-state index in [1.807, 2.05) is 13.8 Å². The van der Waals surface area contributed by atoms with E-state index in [2.05, 4.69) is 4.98 Å². The van der Waals surface area contributed by atoms with Gasteiger partial charge in [-0.3, -0.25) is 9.78 Å². The van der Waals surface area contributed by atoms with Crippen LogP contribution in [-0.4, -0.2) is 10.9 Å². The van der Waals surface area contributed by atoms with Crippen LogP contribution in [0.5, 0.6) is 11.5 Å². The minimum Gasteiger partial charge on any atom is -0.456 e. The van der Waals surface area contributed by atoms with Gasteiger partial charge in [0.25, 0.3) is 5.91 Å². The number of pyridine rings is 1. The Morgan fingerprint density at radius 2 is 1.95 bits per heavy atom. The maximum absolute atomic E-state index is 11.4. The molecule has 0 atom stereocenters. The number of nitrogens with two attached hydrogens (primary N) is 2. The third-order valence-electron chi connectivity index (χ3n) is 2.99. The Bertz CT molecular complexity index is 654. The summed E-state index contributed by atoms with van der Waals surface area (Å²) < 4.78 is 5.83. The van der Waals surface area contributed by atoms with Crippen LogP contribution in [0.25, 0.3) is 0 Å². The van der Waals surface area contributed by atoms with E-state index in [0.717, 1.165) is 17.0 Å². The molecule has 2 aromatic rings. The molecule has 0 aliphatic carbocycles. The van der Waals surface area contributed by atoms with Gasteiger partial charge in [0.15, 0.2) is 0 Å². The number of aryl methyl sites for hydroxylation is 2. The molecule has 5 nitrogen and oxygen atoms in total. The molecule has 4 N–H and O–H groups in total. The van der Waals surface area contributed by atoms with Gasteiger partial charge in [-0.2, -0.15) is 0 Å². The molecule has 0 fully saturated rings. The van der Waals surface area contributed by atoms with Crippen LogP contribution in [0.2, 0.25) is 0 Å². The van der Waals surface area contributed by atoms with Crippen molar-refractivity contribution in [3.8, 4) is 11.5 Å². The van der Waals surface area contributed by atoms with Gasteiger partial charge in [-0.25, -0.2) is 0 Å². The van der Waals surface area contributed by atoms with E-state index in [9.17, 15) is 4.79 Å². The van der Waals surface area contributed by atoms with Gasteiger partial charge in [0.05, 0.1) is 5.56 Å². The Kier molecular flexibility index (Phi) is 4.00. The summed E-state index contributed by atoms with van der Waals surface area (Å²) in [5, 5.41) is 0. The molecule has 1 amide bonds. The van der Waals surface area contributed by atoms with Crippen molar-refractivity contribution < 1.29 is 9.53 Å². The number of nitrogens with zero attached hydrogens (tertiary/aromatic N) is 1. The van der Waals surface area contributed by atoms with Crippen LogP contribution in [0.15, 0.2) is 30.3 Å². The molecule has 0 unspecified atom stereocenters. The molecule has 0 bridgehead atoms. The number of hydrogen-bond acceptors (Lipinski definition) is 4. The Morgan fingerprint density at radius 3 is 2.60 bits per heavy atom. The zero-order valence-corrected chi connectivity index (χ0v) is 11.5. The normalized spacial score (nSPS) is 10.3. The van der Waals surface area contributed by atoms with Crippen molar-refractivity contribution in [3.05, 3.63) is 52.8 Å². The molecule has 0 spiro atoms. The lowest BCUT2D eigenvalue weighted by Gasteiger charge is -2.14. The molecule has 104 valence electrons. The van der Waals surface area contributed by atoms with E-state index in [1.54, 1.807) is 30.3 Å². The maximum atomic E-state index is 11.4. The van der Waals surface area contributed by atoms with E-state index in [-0.39, 0.29) is 0 Å². The molecule has 2 rings (SSSR count). The van der Waals surface area contributed by atoms with Crippen LogP contribution in [0.3, 0.4) is 0 Å². The highest BCUT2D eigenvalue weighted by molar-refractivity contribution is 5.95. The molecule has 1 aromatic carbocycles. The molecule has 5 heteroatoms.